The molecule has 6 rings (SSSR count). The number of methoxy groups -OCH3 is 1. The molecule has 0 amide bonds. The van der Waals surface area contributed by atoms with Crippen molar-refractivity contribution in [1.82, 2.24) is 19.7 Å². The summed E-state index contributed by atoms with van der Waals surface area (Å²) < 4.78 is 18.3. The van der Waals surface area contributed by atoms with E-state index in [0.717, 1.165) is 36.5 Å². The molecule has 5 heterocycles. The van der Waals surface area contributed by atoms with Crippen LogP contribution in [0.4, 0.5) is 5.82 Å². The van der Waals surface area contributed by atoms with Gasteiger partial charge in [0.1, 0.15) is 24.3 Å². The Bertz CT molecular complexity index is 1070. The lowest BCUT2D eigenvalue weighted by molar-refractivity contribution is -0.133. The van der Waals surface area contributed by atoms with Gasteiger partial charge in [-0.1, -0.05) is 12.1 Å². The lowest BCUT2D eigenvalue weighted by Gasteiger charge is -2.47. The van der Waals surface area contributed by atoms with Gasteiger partial charge in [0.25, 0.3) is 0 Å². The van der Waals surface area contributed by atoms with Crippen LogP contribution in [0.25, 0.3) is 17.1 Å². The summed E-state index contributed by atoms with van der Waals surface area (Å²) in [5, 5.41) is 23.4. The Labute approximate surface area is 185 Å². The highest BCUT2D eigenvalue weighted by Gasteiger charge is 2.39. The zero-order valence-corrected chi connectivity index (χ0v) is 17.7. The quantitative estimate of drug-likeness (QED) is 0.531. The van der Waals surface area contributed by atoms with Crippen LogP contribution in [0.1, 0.15) is 6.42 Å². The highest BCUT2D eigenvalue weighted by molar-refractivity contribution is 5.61. The monoisotopic (exact) mass is 439 g/mol. The summed E-state index contributed by atoms with van der Waals surface area (Å²) >= 11 is 0. The second-order valence-corrected chi connectivity index (χ2v) is 7.91. The van der Waals surface area contributed by atoms with Crippen LogP contribution in [0.15, 0.2) is 42.6 Å². The van der Waals surface area contributed by atoms with Gasteiger partial charge in [-0.2, -0.15) is 15.1 Å². The first-order chi connectivity index (χ1) is 15.6. The third-order valence-corrected chi connectivity index (χ3v) is 5.57. The summed E-state index contributed by atoms with van der Waals surface area (Å²) in [6.07, 6.45) is 2.33. The molecular formula is C22H25N5O5. The number of aromatic nitrogens is 4. The van der Waals surface area contributed by atoms with E-state index in [0.29, 0.717) is 11.6 Å². The van der Waals surface area contributed by atoms with Gasteiger partial charge in [0.05, 0.1) is 31.6 Å². The summed E-state index contributed by atoms with van der Waals surface area (Å²) in [7, 11) is 1.63. The van der Waals surface area contributed by atoms with Crippen molar-refractivity contribution in [2.24, 2.45) is 0 Å². The van der Waals surface area contributed by atoms with Crippen molar-refractivity contribution in [2.45, 2.75) is 24.7 Å². The van der Waals surface area contributed by atoms with Crippen LogP contribution in [0.2, 0.25) is 0 Å². The molecule has 168 valence electrons. The summed E-state index contributed by atoms with van der Waals surface area (Å²) in [4.78, 5) is 11.1. The summed E-state index contributed by atoms with van der Waals surface area (Å²) in [5.74, 6) is 2.00. The number of aliphatic hydroxyl groups is 2. The molecule has 10 heteroatoms. The van der Waals surface area contributed by atoms with Crippen LogP contribution in [-0.4, -0.2) is 81.7 Å². The molecule has 0 radical (unpaired) electrons. The molecule has 3 aromatic rings. The summed E-state index contributed by atoms with van der Waals surface area (Å²) in [6.45, 7) is 0.990. The van der Waals surface area contributed by atoms with Gasteiger partial charge in [-0.25, -0.2) is 4.68 Å². The number of nitrogens with zero attached hydrogens (tertiary/aromatic N) is 5. The van der Waals surface area contributed by atoms with Gasteiger partial charge in [-0.15, -0.1) is 0 Å². The first kappa shape index (κ1) is 20.7. The first-order valence-electron chi connectivity index (χ1n) is 10.5. The van der Waals surface area contributed by atoms with E-state index in [1.54, 1.807) is 11.8 Å². The number of ether oxygens (including phenoxy) is 3. The number of piperidine rings is 1. The number of morpholine rings is 1. The number of hydrogen-bond donors (Lipinski definition) is 2. The van der Waals surface area contributed by atoms with Gasteiger partial charge < -0.3 is 29.3 Å². The topological polar surface area (TPSA) is 115 Å². The average Bonchev–Trinajstić information content (AvgIpc) is 3.32. The minimum Gasteiger partial charge on any atom is -0.497 e. The number of anilines is 1. The number of fused-ring (bicyclic) bond motifs is 2. The van der Waals surface area contributed by atoms with Crippen LogP contribution in [0, 0.1) is 0 Å². The molecule has 3 unspecified atom stereocenters. The minimum atomic E-state index is -1.01. The third kappa shape index (κ3) is 4.24. The van der Waals surface area contributed by atoms with Crippen molar-refractivity contribution < 1.29 is 24.4 Å². The maximum absolute atomic E-state index is 9.65. The van der Waals surface area contributed by atoms with Crippen molar-refractivity contribution in [2.75, 3.05) is 38.3 Å². The molecule has 3 aliphatic rings. The molecule has 10 nitrogen and oxygen atoms in total. The fourth-order valence-corrected chi connectivity index (χ4v) is 3.90. The standard InChI is InChI=1S/C22H25N5O5/c1-30-16-4-2-3-14(7-16)19-5-6-27(25-19)21-9-20(26-10-17-8-18(11-26)32-17)23-22(24-21)31-13-15(29)12-28/h2-7,9,15,17-18,28-29H,8,10-13H2,1H3. The fourth-order valence-electron chi connectivity index (χ4n) is 3.90. The Morgan fingerprint density at radius 2 is 1.94 bits per heavy atom. The Morgan fingerprint density at radius 3 is 2.69 bits per heavy atom. The predicted molar refractivity (Wildman–Crippen MR) is 115 cm³/mol. The molecule has 0 spiro atoms. The largest absolute Gasteiger partial charge is 0.497 e. The molecule has 32 heavy (non-hydrogen) atoms. The Kier molecular flexibility index (Phi) is 5.64. The Balaban J connectivity index is 1.45. The molecule has 0 saturated carbocycles. The van der Waals surface area contributed by atoms with E-state index >= 15 is 0 Å². The van der Waals surface area contributed by atoms with Gasteiger partial charge in [0.15, 0.2) is 5.82 Å². The minimum absolute atomic E-state index is 0.109. The molecule has 2 bridgehead atoms. The third-order valence-electron chi connectivity index (χ3n) is 5.57. The first-order valence-corrected chi connectivity index (χ1v) is 10.5. The van der Waals surface area contributed by atoms with E-state index < -0.39 is 12.7 Å². The fraction of sp³-hybridized carbons (Fsp3) is 0.409. The zero-order chi connectivity index (χ0) is 22.1. The predicted octanol–water partition coefficient (Wildman–Crippen LogP) is 1.05. The number of rotatable bonds is 8. The van der Waals surface area contributed by atoms with Crippen LogP contribution in [0.3, 0.4) is 0 Å². The van der Waals surface area contributed by atoms with Crippen LogP contribution < -0.4 is 14.4 Å². The van der Waals surface area contributed by atoms with Crippen LogP contribution in [0.5, 0.6) is 11.8 Å². The highest BCUT2D eigenvalue weighted by atomic mass is 16.5. The Morgan fingerprint density at radius 1 is 1.16 bits per heavy atom. The average molecular weight is 439 g/mol. The number of benzene rings is 1. The van der Waals surface area contributed by atoms with Crippen molar-refractivity contribution in [3.8, 4) is 28.8 Å². The van der Waals surface area contributed by atoms with E-state index in [-0.39, 0.29) is 24.8 Å². The van der Waals surface area contributed by atoms with Gasteiger partial charge in [0, 0.05) is 37.3 Å². The van der Waals surface area contributed by atoms with Crippen LogP contribution >= 0.6 is 0 Å². The van der Waals surface area contributed by atoms with Crippen molar-refractivity contribution >= 4 is 5.82 Å². The molecular weight excluding hydrogens is 414 g/mol. The Hall–Kier alpha value is -3.21. The van der Waals surface area contributed by atoms with Crippen LogP contribution in [-0.2, 0) is 4.74 Å². The van der Waals surface area contributed by atoms with Crippen molar-refractivity contribution in [1.29, 1.82) is 0 Å². The molecule has 2 aromatic heterocycles. The van der Waals surface area contributed by atoms with E-state index in [1.165, 1.54) is 0 Å². The van der Waals surface area contributed by atoms with Crippen molar-refractivity contribution in [3.05, 3.63) is 42.6 Å². The smallest absolute Gasteiger partial charge is 0.320 e. The van der Waals surface area contributed by atoms with Gasteiger partial charge >= 0.3 is 6.01 Å². The molecule has 3 fully saturated rings. The molecule has 3 aliphatic heterocycles. The number of hydrogen-bond acceptors (Lipinski definition) is 9. The van der Waals surface area contributed by atoms with E-state index in [9.17, 15) is 5.11 Å². The van der Waals surface area contributed by atoms with Gasteiger partial charge in [-0.05, 0) is 18.2 Å². The second-order valence-electron chi connectivity index (χ2n) is 7.91. The lowest BCUT2D eigenvalue weighted by atomic mass is 9.99. The molecule has 1 aromatic carbocycles. The highest BCUT2D eigenvalue weighted by Crippen LogP contribution is 2.32. The molecule has 3 atom stereocenters. The molecule has 2 N–H and O–H groups in total. The van der Waals surface area contributed by atoms with Gasteiger partial charge in [-0.3, -0.25) is 0 Å². The summed E-state index contributed by atoms with van der Waals surface area (Å²) in [5.41, 5.74) is 1.70. The molecule has 3 saturated heterocycles. The summed E-state index contributed by atoms with van der Waals surface area (Å²) in [6, 6.07) is 11.6. The normalized spacial score (nSPS) is 20.5. The number of aliphatic hydroxyl groups excluding tert-OH is 2. The maximum Gasteiger partial charge on any atom is 0.320 e. The van der Waals surface area contributed by atoms with E-state index in [4.69, 9.17) is 19.3 Å². The lowest BCUT2D eigenvalue weighted by Crippen LogP contribution is -2.57. The van der Waals surface area contributed by atoms with E-state index in [1.807, 2.05) is 42.6 Å². The zero-order valence-electron chi connectivity index (χ0n) is 17.7. The second kappa shape index (κ2) is 8.73. The van der Waals surface area contributed by atoms with Gasteiger partial charge in [0.2, 0.25) is 0 Å². The van der Waals surface area contributed by atoms with Crippen molar-refractivity contribution in [3.63, 3.8) is 0 Å². The SMILES string of the molecule is COc1cccc(-c2ccn(-c3cc(N4CC5CC(C4)O5)nc(OCC(O)CO)n3)n2)c1. The molecule has 0 aliphatic carbocycles. The maximum atomic E-state index is 9.65. The van der Waals surface area contributed by atoms with E-state index in [2.05, 4.69) is 20.0 Å².